The van der Waals surface area contributed by atoms with E-state index in [4.69, 9.17) is 5.11 Å². The van der Waals surface area contributed by atoms with Gasteiger partial charge in [0.25, 0.3) is 0 Å². The minimum Gasteiger partial charge on any atom is -1.00 e. The summed E-state index contributed by atoms with van der Waals surface area (Å²) in [4.78, 5) is 0. The molecule has 1 aliphatic rings. The Balaban J connectivity index is -0.000000527. The van der Waals surface area contributed by atoms with Crippen molar-refractivity contribution in [1.29, 1.82) is 0 Å². The van der Waals surface area contributed by atoms with E-state index >= 15 is 0 Å². The van der Waals surface area contributed by atoms with E-state index in [0.29, 0.717) is 0 Å². The van der Waals surface area contributed by atoms with Crippen molar-refractivity contribution in [3.05, 3.63) is 71.2 Å². The summed E-state index contributed by atoms with van der Waals surface area (Å²) < 4.78 is 0. The molecule has 26 heavy (non-hydrogen) atoms. The third-order valence-electron chi connectivity index (χ3n) is 3.38. The van der Waals surface area contributed by atoms with E-state index in [1.165, 1.54) is 39.0 Å². The number of hydrogen-bond acceptors (Lipinski definition) is 1. The number of rotatable bonds is 1. The van der Waals surface area contributed by atoms with Crippen molar-refractivity contribution in [2.24, 2.45) is 0 Å². The molecule has 140 valence electrons. The molecule has 0 atom stereocenters. The van der Waals surface area contributed by atoms with E-state index in [1.54, 1.807) is 0 Å². The molecular formula is C22H28Cl2OTi. The van der Waals surface area contributed by atoms with Gasteiger partial charge in [-0.05, 0) is 20.3 Å². The van der Waals surface area contributed by atoms with Crippen LogP contribution in [0.2, 0.25) is 0 Å². The van der Waals surface area contributed by atoms with Gasteiger partial charge in [-0.2, -0.15) is 20.8 Å². The van der Waals surface area contributed by atoms with Crippen molar-refractivity contribution >= 4 is 16.3 Å². The summed E-state index contributed by atoms with van der Waals surface area (Å²) in [7, 11) is 1.00. The zero-order chi connectivity index (χ0) is 17.4. The molecule has 0 unspecified atom stereocenters. The third-order valence-corrected chi connectivity index (χ3v) is 3.38. The summed E-state index contributed by atoms with van der Waals surface area (Å²) in [5.41, 5.74) is 5.50. The van der Waals surface area contributed by atoms with E-state index in [2.05, 4.69) is 83.2 Å². The van der Waals surface area contributed by atoms with Crippen LogP contribution in [0.3, 0.4) is 0 Å². The third kappa shape index (κ3) is 9.39. The largest absolute Gasteiger partial charge is 4.00 e. The van der Waals surface area contributed by atoms with Gasteiger partial charge in [-0.3, -0.25) is 0 Å². The van der Waals surface area contributed by atoms with Gasteiger partial charge in [0.1, 0.15) is 0 Å². The Kier molecular flexibility index (Phi) is 18.0. The zero-order valence-electron chi connectivity index (χ0n) is 16.5. The monoisotopic (exact) mass is 426 g/mol. The second kappa shape index (κ2) is 15.5. The topological polar surface area (TPSA) is 20.2 Å². The van der Waals surface area contributed by atoms with Crippen molar-refractivity contribution in [2.45, 2.75) is 41.0 Å². The summed E-state index contributed by atoms with van der Waals surface area (Å²) in [6.07, 6.45) is 3.35. The number of fused-ring (bicyclic) bond motifs is 1. The van der Waals surface area contributed by atoms with Crippen molar-refractivity contribution < 1.29 is 51.6 Å². The molecule has 3 rings (SSSR count). The van der Waals surface area contributed by atoms with Crippen LogP contribution in [-0.2, 0) is 21.7 Å². The van der Waals surface area contributed by atoms with Crippen molar-refractivity contribution in [1.82, 2.24) is 0 Å². The maximum atomic E-state index is 7.00. The summed E-state index contributed by atoms with van der Waals surface area (Å²) in [5.74, 6) is 1.42. The molecule has 0 fully saturated rings. The van der Waals surface area contributed by atoms with E-state index in [-0.39, 0.29) is 46.5 Å². The van der Waals surface area contributed by atoms with Crippen molar-refractivity contribution in [2.75, 3.05) is 7.11 Å². The zero-order valence-corrected chi connectivity index (χ0v) is 19.5. The smallest absolute Gasteiger partial charge is 1.00 e. The Labute approximate surface area is 186 Å². The van der Waals surface area contributed by atoms with Crippen molar-refractivity contribution in [3.63, 3.8) is 0 Å². The van der Waals surface area contributed by atoms with Crippen LogP contribution in [0.25, 0.3) is 16.3 Å². The second-order valence-electron chi connectivity index (χ2n) is 6.29. The van der Waals surface area contributed by atoms with Crippen LogP contribution < -0.4 is 24.8 Å². The van der Waals surface area contributed by atoms with Gasteiger partial charge in [0.05, 0.1) is 0 Å². The molecule has 0 radical (unpaired) electrons. The number of benzene rings is 2. The minimum atomic E-state index is 0. The first-order chi connectivity index (χ1) is 11.0. The Morgan fingerprint density at radius 3 is 1.96 bits per heavy atom. The normalized spacial score (nSPS) is 11.8. The standard InChI is InChI=1S/C17H15.C4H9.CH4O.2ClH.Ti/c1-12-9-13(2)17(10-12)16-8-7-14-5-3-4-6-15(14)11-16;1-4(2)3;1-2;;;/h3-9H,10H2,1-2H3;1-3H3;2H,1H3;2*1H;/q2*-1;;;;+4/p-2. The first kappa shape index (κ1) is 30.2. The van der Waals surface area contributed by atoms with Gasteiger partial charge < -0.3 is 35.8 Å². The molecule has 2 aromatic rings. The number of aliphatic hydroxyl groups excluding tert-OH is 1. The van der Waals surface area contributed by atoms with Gasteiger partial charge in [0.2, 0.25) is 0 Å². The molecule has 0 aromatic heterocycles. The first-order valence-corrected chi connectivity index (χ1v) is 7.97. The molecule has 1 aliphatic carbocycles. The molecule has 2 aromatic carbocycles. The quantitative estimate of drug-likeness (QED) is 0.502. The van der Waals surface area contributed by atoms with Crippen LogP contribution in [0.1, 0.15) is 46.6 Å². The van der Waals surface area contributed by atoms with E-state index in [0.717, 1.165) is 13.5 Å². The fraction of sp³-hybridized carbons (Fsp3) is 0.318. The van der Waals surface area contributed by atoms with Gasteiger partial charge in [-0.25, -0.2) is 0 Å². The second-order valence-corrected chi connectivity index (χ2v) is 6.29. The van der Waals surface area contributed by atoms with Gasteiger partial charge in [-0.1, -0.05) is 46.4 Å². The average Bonchev–Trinajstić information content (AvgIpc) is 2.87. The number of halogens is 2. The summed E-state index contributed by atoms with van der Waals surface area (Å²) in [5, 5.41) is 9.46. The minimum absolute atomic E-state index is 0. The van der Waals surface area contributed by atoms with Gasteiger partial charge in [0.15, 0.2) is 0 Å². The summed E-state index contributed by atoms with van der Waals surface area (Å²) >= 11 is 0. The van der Waals surface area contributed by atoms with E-state index < -0.39 is 0 Å². The Hall–Kier alpha value is -0.566. The van der Waals surface area contributed by atoms with Crippen molar-refractivity contribution in [3.8, 4) is 0 Å². The fourth-order valence-electron chi connectivity index (χ4n) is 2.53. The molecular weight excluding hydrogens is 399 g/mol. The van der Waals surface area contributed by atoms with Gasteiger partial charge in [0, 0.05) is 7.11 Å². The van der Waals surface area contributed by atoms with E-state index in [1.807, 2.05) is 0 Å². The van der Waals surface area contributed by atoms with Crippen LogP contribution in [0.4, 0.5) is 0 Å². The summed E-state index contributed by atoms with van der Waals surface area (Å²) in [6, 6.07) is 16.3. The number of allylic oxidation sites excluding steroid dienone is 4. The predicted molar refractivity (Wildman–Crippen MR) is 102 cm³/mol. The van der Waals surface area contributed by atoms with Crippen LogP contribution in [0.15, 0.2) is 53.6 Å². The van der Waals surface area contributed by atoms with Crippen LogP contribution in [-0.4, -0.2) is 12.2 Å². The molecule has 0 saturated heterocycles. The summed E-state index contributed by atoms with van der Waals surface area (Å²) in [6.45, 7) is 10.6. The Bertz CT molecular complexity index is 703. The predicted octanol–water partition coefficient (Wildman–Crippen LogP) is -0.00192. The molecule has 0 aliphatic heterocycles. The first-order valence-electron chi connectivity index (χ1n) is 7.97. The number of hydrogen-bond donors (Lipinski definition) is 1. The molecule has 0 saturated carbocycles. The molecule has 1 nitrogen and oxygen atoms in total. The maximum Gasteiger partial charge on any atom is 4.00 e. The Morgan fingerprint density at radius 2 is 1.46 bits per heavy atom. The van der Waals surface area contributed by atoms with E-state index in [9.17, 15) is 0 Å². The SMILES string of the molecule is CC1=CC(C)=C(c2[c-]c3ccccc3cc2)C1.CO.C[C-](C)C.[Cl-].[Cl-].[Ti+4]. The van der Waals surface area contributed by atoms with Gasteiger partial charge >= 0.3 is 21.7 Å². The molecule has 0 amide bonds. The molecule has 0 heterocycles. The Morgan fingerprint density at radius 1 is 0.923 bits per heavy atom. The molecule has 0 spiro atoms. The fourth-order valence-corrected chi connectivity index (χ4v) is 2.53. The molecule has 4 heteroatoms. The van der Waals surface area contributed by atoms with Crippen LogP contribution in [0.5, 0.6) is 0 Å². The number of aliphatic hydroxyl groups is 1. The molecule has 0 bridgehead atoms. The van der Waals surface area contributed by atoms with Gasteiger partial charge in [-0.15, -0.1) is 35.2 Å². The van der Waals surface area contributed by atoms with Crippen LogP contribution >= 0.6 is 0 Å². The average molecular weight is 427 g/mol. The van der Waals surface area contributed by atoms with Crippen LogP contribution in [0, 0.1) is 12.0 Å². The molecule has 1 N–H and O–H groups in total. The maximum absolute atomic E-state index is 7.00.